The lowest BCUT2D eigenvalue weighted by Crippen LogP contribution is -2.52. The van der Waals surface area contributed by atoms with Crippen molar-refractivity contribution in [1.82, 2.24) is 9.80 Å². The van der Waals surface area contributed by atoms with E-state index < -0.39 is 11.7 Å². The Morgan fingerprint density at radius 1 is 1.40 bits per heavy atom. The molecule has 0 N–H and O–H groups in total. The number of nitrogens with zero attached hydrogens (tertiary/aromatic N) is 2. The Morgan fingerprint density at radius 3 is 2.68 bits per heavy atom. The minimum Gasteiger partial charge on any atom is -0.444 e. The summed E-state index contributed by atoms with van der Waals surface area (Å²) in [6.45, 7) is 12.9. The molecule has 1 fully saturated rings. The summed E-state index contributed by atoms with van der Waals surface area (Å²) in [7, 11) is 0. The summed E-state index contributed by atoms with van der Waals surface area (Å²) in [5, 5.41) is 2.07. The minimum absolute atomic E-state index is 0.0597. The summed E-state index contributed by atoms with van der Waals surface area (Å²) < 4.78 is 5.34. The zero-order valence-corrected chi connectivity index (χ0v) is 16.2. The summed E-state index contributed by atoms with van der Waals surface area (Å²) in [5.41, 5.74) is 1.60. The van der Waals surface area contributed by atoms with Crippen LogP contribution in [0.1, 0.15) is 43.7 Å². The molecule has 0 atom stereocenters. The highest BCUT2D eigenvalue weighted by Crippen LogP contribution is 2.27. The highest BCUT2D eigenvalue weighted by Gasteiger charge is 2.30. The molecule has 2 amide bonds. The van der Waals surface area contributed by atoms with E-state index >= 15 is 0 Å². The highest BCUT2D eigenvalue weighted by molar-refractivity contribution is 7.11. The van der Waals surface area contributed by atoms with E-state index in [0.717, 1.165) is 16.0 Å². The predicted octanol–water partition coefficient (Wildman–Crippen LogP) is 4.00. The Kier molecular flexibility index (Phi) is 6.06. The number of carbonyl (C=O) groups excluding carboxylic acids is 2. The predicted molar refractivity (Wildman–Crippen MR) is 102 cm³/mol. The van der Waals surface area contributed by atoms with Crippen LogP contribution in [0.4, 0.5) is 4.79 Å². The smallest absolute Gasteiger partial charge is 0.410 e. The van der Waals surface area contributed by atoms with Gasteiger partial charge in [0, 0.05) is 24.5 Å². The van der Waals surface area contributed by atoms with Gasteiger partial charge in [-0.2, -0.15) is 0 Å². The molecule has 1 aromatic heterocycles. The molecule has 0 bridgehead atoms. The molecule has 2 heterocycles. The first kappa shape index (κ1) is 19.2. The van der Waals surface area contributed by atoms with E-state index in [1.165, 1.54) is 4.90 Å². The SMILES string of the molecule is C=Cc1c(CN2CCN(C(=O)OC(C)(C)C)CC2=O)csc1/C=C\C. The second-order valence-corrected chi connectivity index (χ2v) is 7.87. The summed E-state index contributed by atoms with van der Waals surface area (Å²) >= 11 is 1.65. The number of carbonyl (C=O) groups is 2. The normalized spacial score (nSPS) is 15.8. The summed E-state index contributed by atoms with van der Waals surface area (Å²) in [5.74, 6) is -0.0640. The van der Waals surface area contributed by atoms with E-state index in [2.05, 4.69) is 12.0 Å². The molecule has 0 aromatic carbocycles. The van der Waals surface area contributed by atoms with Crippen molar-refractivity contribution in [1.29, 1.82) is 0 Å². The Labute approximate surface area is 153 Å². The number of thiophene rings is 1. The van der Waals surface area contributed by atoms with Crippen molar-refractivity contribution in [3.05, 3.63) is 34.0 Å². The van der Waals surface area contributed by atoms with Gasteiger partial charge in [0.25, 0.3) is 0 Å². The fraction of sp³-hybridized carbons (Fsp3) is 0.474. The number of piperazine rings is 1. The Bertz CT molecular complexity index is 685. The van der Waals surface area contributed by atoms with Gasteiger partial charge in [-0.05, 0) is 50.3 Å². The van der Waals surface area contributed by atoms with Crippen molar-refractivity contribution in [2.24, 2.45) is 0 Å². The van der Waals surface area contributed by atoms with E-state index in [1.54, 1.807) is 16.2 Å². The summed E-state index contributed by atoms with van der Waals surface area (Å²) in [6.07, 6.45) is 5.45. The number of rotatable bonds is 4. The lowest BCUT2D eigenvalue weighted by molar-refractivity contribution is -0.136. The van der Waals surface area contributed by atoms with E-state index in [4.69, 9.17) is 4.74 Å². The molecular weight excluding hydrogens is 336 g/mol. The maximum atomic E-state index is 12.5. The zero-order valence-electron chi connectivity index (χ0n) is 15.4. The number of amides is 2. The first-order valence-corrected chi connectivity index (χ1v) is 9.24. The van der Waals surface area contributed by atoms with Gasteiger partial charge in [0.05, 0.1) is 0 Å². The maximum absolute atomic E-state index is 12.5. The largest absolute Gasteiger partial charge is 0.444 e. The van der Waals surface area contributed by atoms with Crippen LogP contribution >= 0.6 is 11.3 Å². The lowest BCUT2D eigenvalue weighted by atomic mass is 10.1. The quantitative estimate of drug-likeness (QED) is 0.813. The Hall–Kier alpha value is -2.08. The van der Waals surface area contributed by atoms with Gasteiger partial charge in [0.1, 0.15) is 12.1 Å². The van der Waals surface area contributed by atoms with Crippen molar-refractivity contribution < 1.29 is 14.3 Å². The van der Waals surface area contributed by atoms with E-state index in [-0.39, 0.29) is 12.5 Å². The molecule has 0 aliphatic carbocycles. The molecule has 136 valence electrons. The van der Waals surface area contributed by atoms with Crippen molar-refractivity contribution in [2.75, 3.05) is 19.6 Å². The molecule has 25 heavy (non-hydrogen) atoms. The lowest BCUT2D eigenvalue weighted by Gasteiger charge is -2.35. The van der Waals surface area contributed by atoms with Crippen molar-refractivity contribution in [3.63, 3.8) is 0 Å². The van der Waals surface area contributed by atoms with Crippen LogP contribution in [-0.2, 0) is 16.1 Å². The third-order valence-corrected chi connectivity index (χ3v) is 4.81. The molecule has 0 radical (unpaired) electrons. The average molecular weight is 362 g/mol. The molecule has 0 saturated carbocycles. The first-order valence-electron chi connectivity index (χ1n) is 8.36. The molecule has 1 aromatic rings. The van der Waals surface area contributed by atoms with E-state index in [1.807, 2.05) is 45.9 Å². The third kappa shape index (κ3) is 4.95. The van der Waals surface area contributed by atoms with Gasteiger partial charge in [-0.15, -0.1) is 11.3 Å². The van der Waals surface area contributed by atoms with E-state index in [9.17, 15) is 9.59 Å². The first-order chi connectivity index (χ1) is 11.7. The molecule has 1 aliphatic heterocycles. The molecule has 5 nitrogen and oxygen atoms in total. The Morgan fingerprint density at radius 2 is 2.12 bits per heavy atom. The van der Waals surface area contributed by atoms with Crippen LogP contribution < -0.4 is 0 Å². The van der Waals surface area contributed by atoms with Gasteiger partial charge in [-0.25, -0.2) is 4.79 Å². The van der Waals surface area contributed by atoms with Crippen molar-refractivity contribution in [3.8, 4) is 0 Å². The van der Waals surface area contributed by atoms with Crippen LogP contribution in [0.3, 0.4) is 0 Å². The van der Waals surface area contributed by atoms with Gasteiger partial charge in [-0.3, -0.25) is 9.69 Å². The fourth-order valence-corrected chi connectivity index (χ4v) is 3.64. The molecule has 2 rings (SSSR count). The second-order valence-electron chi connectivity index (χ2n) is 6.96. The molecule has 1 saturated heterocycles. The van der Waals surface area contributed by atoms with Crippen LogP contribution in [0.25, 0.3) is 12.2 Å². The van der Waals surface area contributed by atoms with Gasteiger partial charge >= 0.3 is 6.09 Å². The van der Waals surface area contributed by atoms with Crippen LogP contribution in [0, 0.1) is 0 Å². The van der Waals surface area contributed by atoms with Crippen molar-refractivity contribution >= 4 is 35.5 Å². The number of allylic oxidation sites excluding steroid dienone is 1. The number of hydrogen-bond acceptors (Lipinski definition) is 4. The van der Waals surface area contributed by atoms with Crippen LogP contribution in [-0.4, -0.2) is 47.0 Å². The van der Waals surface area contributed by atoms with Crippen LogP contribution in [0.15, 0.2) is 18.0 Å². The van der Waals surface area contributed by atoms with Crippen LogP contribution in [0.2, 0.25) is 0 Å². The Balaban J connectivity index is 2.02. The maximum Gasteiger partial charge on any atom is 0.410 e. The van der Waals surface area contributed by atoms with Gasteiger partial charge in [-0.1, -0.05) is 18.7 Å². The fourth-order valence-electron chi connectivity index (χ4n) is 2.62. The molecule has 6 heteroatoms. The third-order valence-electron chi connectivity index (χ3n) is 3.79. The minimum atomic E-state index is -0.560. The van der Waals surface area contributed by atoms with E-state index in [0.29, 0.717) is 19.6 Å². The summed E-state index contributed by atoms with van der Waals surface area (Å²) in [6, 6.07) is 0. The molecule has 0 spiro atoms. The standard InChI is InChI=1S/C19H26N2O3S/c1-6-8-16-15(7-2)14(13-25-16)11-20-9-10-21(12-17(20)22)18(23)24-19(3,4)5/h6-8,13H,2,9-12H2,1,3-5H3/b8-6-. The number of hydrogen-bond donors (Lipinski definition) is 0. The van der Waals surface area contributed by atoms with Crippen molar-refractivity contribution in [2.45, 2.75) is 39.8 Å². The average Bonchev–Trinajstić information content (AvgIpc) is 2.89. The topological polar surface area (TPSA) is 49.9 Å². The molecular formula is C19H26N2O3S. The van der Waals surface area contributed by atoms with Gasteiger partial charge in [0.15, 0.2) is 0 Å². The second kappa shape index (κ2) is 7.87. The summed E-state index contributed by atoms with van der Waals surface area (Å²) in [4.78, 5) is 29.0. The number of ether oxygens (including phenoxy) is 1. The highest BCUT2D eigenvalue weighted by atomic mass is 32.1. The molecule has 1 aliphatic rings. The van der Waals surface area contributed by atoms with Crippen LogP contribution in [0.5, 0.6) is 0 Å². The van der Waals surface area contributed by atoms with Gasteiger partial charge < -0.3 is 9.64 Å². The zero-order chi connectivity index (χ0) is 18.6. The monoisotopic (exact) mass is 362 g/mol. The molecule has 0 unspecified atom stereocenters. The van der Waals surface area contributed by atoms with Gasteiger partial charge in [0.2, 0.25) is 5.91 Å².